The first kappa shape index (κ1) is 13.4. The topological polar surface area (TPSA) is 3.24 Å². The molecule has 0 amide bonds. The Morgan fingerprint density at radius 2 is 2.06 bits per heavy atom. The van der Waals surface area contributed by atoms with E-state index in [0.29, 0.717) is 5.92 Å². The number of hydrogen-bond donors (Lipinski definition) is 0. The number of allylic oxidation sites excluding steroid dienone is 1. The van der Waals surface area contributed by atoms with Crippen LogP contribution in [0.3, 0.4) is 0 Å². The largest absolute Gasteiger partial charge is 0.309 e. The monoisotopic (exact) mass is 243 g/mol. The molecule has 1 nitrogen and oxygen atoms in total. The zero-order valence-corrected chi connectivity index (χ0v) is 12.2. The average molecular weight is 243 g/mol. The lowest BCUT2D eigenvalue weighted by molar-refractivity contribution is 0.419. The van der Waals surface area contributed by atoms with Gasteiger partial charge in [0.1, 0.15) is 0 Å². The van der Waals surface area contributed by atoms with Gasteiger partial charge in [0, 0.05) is 6.54 Å². The Morgan fingerprint density at radius 3 is 2.78 bits per heavy atom. The van der Waals surface area contributed by atoms with Crippen molar-refractivity contribution in [3.05, 3.63) is 41.0 Å². The third-order valence-corrected chi connectivity index (χ3v) is 3.90. The van der Waals surface area contributed by atoms with Gasteiger partial charge in [-0.05, 0) is 62.9 Å². The van der Waals surface area contributed by atoms with E-state index in [9.17, 15) is 0 Å². The summed E-state index contributed by atoms with van der Waals surface area (Å²) in [7, 11) is 4.30. The summed E-state index contributed by atoms with van der Waals surface area (Å²) in [4.78, 5) is 2.27. The number of aryl methyl sites for hydroxylation is 1. The summed E-state index contributed by atoms with van der Waals surface area (Å²) >= 11 is 0. The van der Waals surface area contributed by atoms with E-state index < -0.39 is 0 Å². The zero-order chi connectivity index (χ0) is 13.1. The van der Waals surface area contributed by atoms with Crippen LogP contribution in [0.5, 0.6) is 0 Å². The predicted octanol–water partition coefficient (Wildman–Crippen LogP) is 4.23. The molecule has 98 valence electrons. The fourth-order valence-corrected chi connectivity index (χ4v) is 2.73. The van der Waals surface area contributed by atoms with Gasteiger partial charge in [0.05, 0.1) is 0 Å². The lowest BCUT2D eigenvalue weighted by Crippen LogP contribution is -2.13. The summed E-state index contributed by atoms with van der Waals surface area (Å²) in [5, 5.41) is 0. The normalized spacial score (nSPS) is 19.4. The molecule has 0 fully saturated rings. The van der Waals surface area contributed by atoms with Crippen molar-refractivity contribution < 1.29 is 0 Å². The molecule has 0 aromatic heterocycles. The van der Waals surface area contributed by atoms with Gasteiger partial charge in [-0.3, -0.25) is 0 Å². The van der Waals surface area contributed by atoms with Gasteiger partial charge in [0.2, 0.25) is 0 Å². The number of nitrogens with zero attached hydrogens (tertiary/aromatic N) is 1. The molecule has 0 spiro atoms. The van der Waals surface area contributed by atoms with E-state index in [1.807, 2.05) is 0 Å². The molecular formula is C17H25N. The second-order valence-corrected chi connectivity index (χ2v) is 5.85. The van der Waals surface area contributed by atoms with Crippen LogP contribution in [0.2, 0.25) is 0 Å². The van der Waals surface area contributed by atoms with E-state index >= 15 is 0 Å². The second-order valence-electron chi connectivity index (χ2n) is 5.85. The highest BCUT2D eigenvalue weighted by Gasteiger charge is 2.16. The van der Waals surface area contributed by atoms with E-state index in [4.69, 9.17) is 0 Å². The van der Waals surface area contributed by atoms with Gasteiger partial charge >= 0.3 is 0 Å². The van der Waals surface area contributed by atoms with Crippen molar-refractivity contribution in [3.8, 4) is 0 Å². The van der Waals surface area contributed by atoms with Crippen LogP contribution in [0.4, 0.5) is 0 Å². The van der Waals surface area contributed by atoms with Crippen molar-refractivity contribution in [1.82, 2.24) is 4.90 Å². The molecule has 2 rings (SSSR count). The smallest absolute Gasteiger partial charge is 0.00158 e. The van der Waals surface area contributed by atoms with Crippen molar-refractivity contribution in [1.29, 1.82) is 0 Å². The molecule has 1 aromatic carbocycles. The van der Waals surface area contributed by atoms with Gasteiger partial charge in [-0.2, -0.15) is 0 Å². The van der Waals surface area contributed by atoms with Gasteiger partial charge in [-0.15, -0.1) is 0 Å². The van der Waals surface area contributed by atoms with Crippen molar-refractivity contribution in [2.24, 2.45) is 0 Å². The van der Waals surface area contributed by atoms with Crippen LogP contribution in [0.25, 0.3) is 5.57 Å². The Balaban J connectivity index is 2.33. The quantitative estimate of drug-likeness (QED) is 0.768. The van der Waals surface area contributed by atoms with Gasteiger partial charge in [0.25, 0.3) is 0 Å². The number of rotatable bonds is 3. The lowest BCUT2D eigenvalue weighted by atomic mass is 9.90. The molecule has 1 aliphatic carbocycles. The van der Waals surface area contributed by atoms with Crippen molar-refractivity contribution in [2.45, 2.75) is 39.0 Å². The molecule has 1 aromatic rings. The Hall–Kier alpha value is -1.08. The molecule has 1 atom stereocenters. The van der Waals surface area contributed by atoms with Gasteiger partial charge < -0.3 is 4.90 Å². The maximum atomic E-state index is 2.46. The molecule has 0 N–H and O–H groups in total. The van der Waals surface area contributed by atoms with Gasteiger partial charge in [0.15, 0.2) is 0 Å². The van der Waals surface area contributed by atoms with E-state index in [1.54, 1.807) is 11.1 Å². The third kappa shape index (κ3) is 3.02. The SMILES string of the molecule is Cc1ccc2c(c1)C(CCN(C)C)=CCCC2C. The fourth-order valence-electron chi connectivity index (χ4n) is 2.73. The molecule has 1 aliphatic rings. The van der Waals surface area contributed by atoms with E-state index in [-0.39, 0.29) is 0 Å². The lowest BCUT2D eigenvalue weighted by Gasteiger charge is -2.17. The summed E-state index contributed by atoms with van der Waals surface area (Å²) in [6.45, 7) is 5.68. The molecule has 0 aliphatic heterocycles. The van der Waals surface area contributed by atoms with Crippen LogP contribution in [0, 0.1) is 6.92 Å². The molecule has 1 unspecified atom stereocenters. The third-order valence-electron chi connectivity index (χ3n) is 3.90. The Kier molecular flexibility index (Phi) is 4.23. The minimum Gasteiger partial charge on any atom is -0.309 e. The minimum absolute atomic E-state index is 0.689. The van der Waals surface area contributed by atoms with Crippen molar-refractivity contribution >= 4 is 5.57 Å². The zero-order valence-electron chi connectivity index (χ0n) is 12.2. The highest BCUT2D eigenvalue weighted by Crippen LogP contribution is 2.35. The maximum absolute atomic E-state index is 2.46. The maximum Gasteiger partial charge on any atom is 0.00158 e. The summed E-state index contributed by atoms with van der Waals surface area (Å²) < 4.78 is 0. The summed E-state index contributed by atoms with van der Waals surface area (Å²) in [6, 6.07) is 6.97. The first-order chi connectivity index (χ1) is 8.58. The van der Waals surface area contributed by atoms with Crippen LogP contribution < -0.4 is 0 Å². The fraction of sp³-hybridized carbons (Fsp3) is 0.529. The van der Waals surface area contributed by atoms with Crippen LogP contribution in [0.1, 0.15) is 48.8 Å². The van der Waals surface area contributed by atoms with E-state index in [0.717, 1.165) is 13.0 Å². The van der Waals surface area contributed by atoms with Gasteiger partial charge in [-0.25, -0.2) is 0 Å². The van der Waals surface area contributed by atoms with Crippen LogP contribution in [-0.4, -0.2) is 25.5 Å². The van der Waals surface area contributed by atoms with Crippen molar-refractivity contribution in [2.75, 3.05) is 20.6 Å². The molecule has 0 heterocycles. The first-order valence-electron chi connectivity index (χ1n) is 7.02. The number of hydrogen-bond acceptors (Lipinski definition) is 1. The number of fused-ring (bicyclic) bond motifs is 1. The Bertz CT molecular complexity index is 443. The molecule has 0 saturated heterocycles. The van der Waals surface area contributed by atoms with Crippen molar-refractivity contribution in [3.63, 3.8) is 0 Å². The molecule has 0 radical (unpaired) electrons. The Morgan fingerprint density at radius 1 is 1.28 bits per heavy atom. The first-order valence-corrected chi connectivity index (χ1v) is 7.02. The molecular weight excluding hydrogens is 218 g/mol. The minimum atomic E-state index is 0.689. The number of benzene rings is 1. The van der Waals surface area contributed by atoms with E-state index in [1.165, 1.54) is 24.0 Å². The van der Waals surface area contributed by atoms with E-state index in [2.05, 4.69) is 57.1 Å². The summed E-state index contributed by atoms with van der Waals surface area (Å²) in [5.41, 5.74) is 5.97. The van der Waals surface area contributed by atoms with Crippen LogP contribution in [0.15, 0.2) is 24.3 Å². The highest BCUT2D eigenvalue weighted by atomic mass is 15.0. The second kappa shape index (κ2) is 5.71. The predicted molar refractivity (Wildman–Crippen MR) is 80.0 cm³/mol. The van der Waals surface area contributed by atoms with Crippen LogP contribution >= 0.6 is 0 Å². The Labute approximate surface area is 112 Å². The molecule has 0 saturated carbocycles. The standard InChI is InChI=1S/C17H25N/c1-13-8-9-16-14(2)6-5-7-15(17(16)12-13)10-11-18(3)4/h7-9,12,14H,5-6,10-11H2,1-4H3. The molecule has 18 heavy (non-hydrogen) atoms. The van der Waals surface area contributed by atoms with Crippen LogP contribution in [-0.2, 0) is 0 Å². The molecule has 1 heteroatoms. The van der Waals surface area contributed by atoms with Gasteiger partial charge in [-0.1, -0.05) is 36.8 Å². The summed E-state index contributed by atoms with van der Waals surface area (Å²) in [6.07, 6.45) is 6.13. The molecule has 0 bridgehead atoms. The average Bonchev–Trinajstić information content (AvgIpc) is 2.46. The summed E-state index contributed by atoms with van der Waals surface area (Å²) in [5.74, 6) is 0.689. The highest BCUT2D eigenvalue weighted by molar-refractivity contribution is 5.70.